The molecular formula is C23H26N4O2S. The number of rotatable bonds is 5. The van der Waals surface area contributed by atoms with E-state index in [2.05, 4.69) is 24.1 Å². The molecule has 2 heterocycles. The Hall–Kier alpha value is -2.64. The third kappa shape index (κ3) is 4.91. The van der Waals surface area contributed by atoms with Crippen molar-refractivity contribution in [3.05, 3.63) is 54.1 Å². The number of carbonyl (C=O) groups is 1. The Morgan fingerprint density at radius 1 is 1.10 bits per heavy atom. The average molecular weight is 423 g/mol. The van der Waals surface area contributed by atoms with Gasteiger partial charge >= 0.3 is 0 Å². The summed E-state index contributed by atoms with van der Waals surface area (Å²) in [7, 11) is 0. The van der Waals surface area contributed by atoms with Crippen LogP contribution in [-0.4, -0.2) is 46.9 Å². The molecule has 1 amide bonds. The molecule has 156 valence electrons. The number of aryl methyl sites for hydroxylation is 1. The zero-order valence-corrected chi connectivity index (χ0v) is 18.3. The molecule has 0 spiro atoms. The van der Waals surface area contributed by atoms with E-state index in [9.17, 15) is 4.79 Å². The maximum Gasteiger partial charge on any atom is 0.234 e. The highest BCUT2D eigenvalue weighted by Crippen LogP contribution is 2.31. The number of anilines is 2. The molecule has 6 nitrogen and oxygen atoms in total. The molecule has 2 atom stereocenters. The van der Waals surface area contributed by atoms with Crippen molar-refractivity contribution < 1.29 is 9.53 Å². The van der Waals surface area contributed by atoms with E-state index < -0.39 is 0 Å². The van der Waals surface area contributed by atoms with Gasteiger partial charge in [0.1, 0.15) is 5.03 Å². The lowest BCUT2D eigenvalue weighted by Gasteiger charge is -2.36. The summed E-state index contributed by atoms with van der Waals surface area (Å²) in [5.41, 5.74) is 3.60. The normalized spacial score (nSPS) is 19.1. The van der Waals surface area contributed by atoms with E-state index in [-0.39, 0.29) is 23.9 Å². The topological polar surface area (TPSA) is 67.4 Å². The second kappa shape index (κ2) is 9.02. The van der Waals surface area contributed by atoms with Crippen molar-refractivity contribution in [1.29, 1.82) is 0 Å². The monoisotopic (exact) mass is 422 g/mol. The zero-order chi connectivity index (χ0) is 21.1. The molecule has 1 aliphatic rings. The number of benzene rings is 2. The number of fused-ring (bicyclic) bond motifs is 1. The van der Waals surface area contributed by atoms with Crippen molar-refractivity contribution >= 4 is 40.2 Å². The van der Waals surface area contributed by atoms with Crippen LogP contribution in [0.3, 0.4) is 0 Å². The first-order chi connectivity index (χ1) is 14.5. The number of thioether (sulfide) groups is 1. The summed E-state index contributed by atoms with van der Waals surface area (Å²) in [5, 5.41) is 3.73. The number of nitrogens with one attached hydrogen (secondary N) is 1. The van der Waals surface area contributed by atoms with Crippen molar-refractivity contribution in [3.63, 3.8) is 0 Å². The summed E-state index contributed by atoms with van der Waals surface area (Å²) in [6.07, 6.45) is 0.231. The van der Waals surface area contributed by atoms with Crippen LogP contribution in [0.15, 0.2) is 53.6 Å². The highest BCUT2D eigenvalue weighted by molar-refractivity contribution is 8.00. The Bertz CT molecular complexity index is 1050. The highest BCUT2D eigenvalue weighted by Gasteiger charge is 2.26. The Morgan fingerprint density at radius 2 is 1.80 bits per heavy atom. The zero-order valence-electron chi connectivity index (χ0n) is 17.5. The Balaban J connectivity index is 1.56. The van der Waals surface area contributed by atoms with Gasteiger partial charge in [0.2, 0.25) is 5.91 Å². The van der Waals surface area contributed by atoms with Crippen molar-refractivity contribution in [2.24, 2.45) is 0 Å². The average Bonchev–Trinajstić information content (AvgIpc) is 2.71. The molecule has 0 saturated carbocycles. The van der Waals surface area contributed by atoms with Crippen molar-refractivity contribution in [1.82, 2.24) is 9.97 Å². The molecule has 30 heavy (non-hydrogen) atoms. The van der Waals surface area contributed by atoms with Gasteiger partial charge in [-0.2, -0.15) is 0 Å². The summed E-state index contributed by atoms with van der Waals surface area (Å²) in [6, 6.07) is 15.6. The minimum absolute atomic E-state index is 0.0600. The number of aromatic nitrogens is 2. The summed E-state index contributed by atoms with van der Waals surface area (Å²) in [6.45, 7) is 7.64. The van der Waals surface area contributed by atoms with Gasteiger partial charge in [-0.25, -0.2) is 9.97 Å². The van der Waals surface area contributed by atoms with Crippen LogP contribution in [-0.2, 0) is 9.53 Å². The summed E-state index contributed by atoms with van der Waals surface area (Å²) in [5.74, 6) is 1.03. The number of para-hydroxylation sites is 2. The number of hydrogen-bond acceptors (Lipinski definition) is 6. The summed E-state index contributed by atoms with van der Waals surface area (Å²) < 4.78 is 5.88. The first-order valence-electron chi connectivity index (χ1n) is 10.1. The van der Waals surface area contributed by atoms with Gasteiger partial charge in [-0.05, 0) is 50.6 Å². The second-order valence-corrected chi connectivity index (χ2v) is 8.67. The Morgan fingerprint density at radius 3 is 2.50 bits per heavy atom. The fourth-order valence-corrected chi connectivity index (χ4v) is 4.49. The maximum atomic E-state index is 12.5. The standard InChI is InChI=1S/C23H26N4O2S/c1-15-7-6-8-18(11-15)24-21(28)14-30-23-22(27-12-16(2)29-17(3)13-27)25-19-9-4-5-10-20(19)26-23/h4-11,16-17H,12-14H2,1-3H3,(H,24,28)/t16-,17-/m0/s1. The van der Waals surface area contributed by atoms with Crippen LogP contribution in [0, 0.1) is 6.92 Å². The number of ether oxygens (including phenoxy) is 1. The first kappa shape index (κ1) is 20.6. The van der Waals surface area contributed by atoms with Crippen molar-refractivity contribution in [3.8, 4) is 0 Å². The van der Waals surface area contributed by atoms with Gasteiger partial charge in [0.25, 0.3) is 0 Å². The molecule has 1 aromatic heterocycles. The fraction of sp³-hybridized carbons (Fsp3) is 0.348. The number of morpholine rings is 1. The minimum Gasteiger partial charge on any atom is -0.372 e. The van der Waals surface area contributed by atoms with Gasteiger partial charge in [0.15, 0.2) is 5.82 Å². The molecule has 1 aliphatic heterocycles. The van der Waals surface area contributed by atoms with Crippen LogP contribution >= 0.6 is 11.8 Å². The quantitative estimate of drug-likeness (QED) is 0.619. The van der Waals surface area contributed by atoms with Gasteiger partial charge < -0.3 is 15.0 Å². The maximum absolute atomic E-state index is 12.5. The number of hydrogen-bond donors (Lipinski definition) is 1. The molecule has 0 unspecified atom stereocenters. The lowest BCUT2D eigenvalue weighted by Crippen LogP contribution is -2.46. The molecule has 2 aromatic carbocycles. The number of amides is 1. The van der Waals surface area contributed by atoms with Gasteiger partial charge in [-0.15, -0.1) is 0 Å². The largest absolute Gasteiger partial charge is 0.372 e. The molecule has 4 rings (SSSR count). The van der Waals surface area contributed by atoms with Crippen molar-refractivity contribution in [2.45, 2.75) is 38.0 Å². The van der Waals surface area contributed by atoms with E-state index >= 15 is 0 Å². The predicted molar refractivity (Wildman–Crippen MR) is 122 cm³/mol. The van der Waals surface area contributed by atoms with E-state index in [0.29, 0.717) is 0 Å². The Kier molecular flexibility index (Phi) is 6.20. The third-order valence-electron chi connectivity index (χ3n) is 4.88. The van der Waals surface area contributed by atoms with Gasteiger partial charge in [-0.1, -0.05) is 36.0 Å². The van der Waals surface area contributed by atoms with Crippen LogP contribution in [0.4, 0.5) is 11.5 Å². The SMILES string of the molecule is Cc1cccc(NC(=O)CSc2nc3ccccc3nc2N2C[C@H](C)O[C@@H](C)C2)c1. The van der Waals surface area contributed by atoms with Crippen molar-refractivity contribution in [2.75, 3.05) is 29.1 Å². The molecule has 0 bridgehead atoms. The van der Waals surface area contributed by atoms with E-state index in [1.54, 1.807) is 0 Å². The van der Waals surface area contributed by atoms with E-state index in [1.165, 1.54) is 11.8 Å². The van der Waals surface area contributed by atoms with Crippen LogP contribution < -0.4 is 10.2 Å². The third-order valence-corrected chi connectivity index (χ3v) is 5.84. The molecule has 3 aromatic rings. The van der Waals surface area contributed by atoms with Crippen LogP contribution in [0.5, 0.6) is 0 Å². The van der Waals surface area contributed by atoms with Gasteiger partial charge in [-0.3, -0.25) is 4.79 Å². The molecular weight excluding hydrogens is 396 g/mol. The lowest BCUT2D eigenvalue weighted by molar-refractivity contribution is -0.113. The van der Waals surface area contributed by atoms with E-state index in [4.69, 9.17) is 14.7 Å². The van der Waals surface area contributed by atoms with Crippen LogP contribution in [0.25, 0.3) is 11.0 Å². The molecule has 1 saturated heterocycles. The lowest BCUT2D eigenvalue weighted by atomic mass is 10.2. The molecule has 0 aliphatic carbocycles. The highest BCUT2D eigenvalue weighted by atomic mass is 32.2. The fourth-order valence-electron chi connectivity index (χ4n) is 3.68. The predicted octanol–water partition coefficient (Wildman–Crippen LogP) is 4.28. The number of carbonyl (C=O) groups excluding carboxylic acids is 1. The van der Waals surface area contributed by atoms with E-state index in [0.717, 1.165) is 46.2 Å². The summed E-state index contributed by atoms with van der Waals surface area (Å²) >= 11 is 1.42. The van der Waals surface area contributed by atoms with Crippen LogP contribution in [0.1, 0.15) is 19.4 Å². The molecule has 1 N–H and O–H groups in total. The van der Waals surface area contributed by atoms with Gasteiger partial charge in [0, 0.05) is 18.8 Å². The summed E-state index contributed by atoms with van der Waals surface area (Å²) in [4.78, 5) is 24.5. The molecule has 7 heteroatoms. The number of nitrogens with zero attached hydrogens (tertiary/aromatic N) is 3. The van der Waals surface area contributed by atoms with Gasteiger partial charge in [0.05, 0.1) is 29.0 Å². The molecule has 1 fully saturated rings. The van der Waals surface area contributed by atoms with E-state index in [1.807, 2.05) is 55.5 Å². The smallest absolute Gasteiger partial charge is 0.234 e. The first-order valence-corrected chi connectivity index (χ1v) is 11.1. The minimum atomic E-state index is -0.0600. The Labute approximate surface area is 181 Å². The second-order valence-electron chi connectivity index (χ2n) is 7.71. The van der Waals surface area contributed by atoms with Crippen LogP contribution in [0.2, 0.25) is 0 Å². The molecule has 0 radical (unpaired) electrons.